The number of aromatic amines is 1. The van der Waals surface area contributed by atoms with Gasteiger partial charge in [0, 0.05) is 17.3 Å². The van der Waals surface area contributed by atoms with Gasteiger partial charge in [-0.15, -0.1) is 11.3 Å². The summed E-state index contributed by atoms with van der Waals surface area (Å²) in [7, 11) is 0. The molecule has 0 aliphatic rings. The summed E-state index contributed by atoms with van der Waals surface area (Å²) in [4.78, 5) is 10.1. The Morgan fingerprint density at radius 2 is 2.18 bits per heavy atom. The number of nitrogens with two attached hydrogens (primary N) is 1. The topological polar surface area (TPSA) is 80.5 Å². The van der Waals surface area contributed by atoms with Crippen molar-refractivity contribution in [1.82, 2.24) is 20.2 Å². The number of H-pyrrole nitrogens is 1. The van der Waals surface area contributed by atoms with Crippen molar-refractivity contribution in [2.24, 2.45) is 5.73 Å². The van der Waals surface area contributed by atoms with E-state index in [4.69, 9.17) is 5.73 Å². The number of nitrogens with one attached hydrogen (secondary N) is 1. The number of aromatic nitrogens is 4. The van der Waals surface area contributed by atoms with Gasteiger partial charge in [0.25, 0.3) is 0 Å². The lowest BCUT2D eigenvalue weighted by Crippen LogP contribution is -2.01. The zero-order valence-electron chi connectivity index (χ0n) is 12.1. The molecule has 22 heavy (non-hydrogen) atoms. The maximum atomic E-state index is 5.59. The molecule has 0 bridgehead atoms. The molecule has 7 heteroatoms. The van der Waals surface area contributed by atoms with E-state index in [1.54, 1.807) is 11.3 Å². The van der Waals surface area contributed by atoms with Crippen LogP contribution in [0.1, 0.15) is 22.1 Å². The lowest BCUT2D eigenvalue weighted by Gasteiger charge is -1.98. The normalized spacial score (nSPS) is 11.0. The van der Waals surface area contributed by atoms with Gasteiger partial charge in [-0.3, -0.25) is 5.10 Å². The molecule has 2 aromatic heterocycles. The number of rotatable bonds is 5. The van der Waals surface area contributed by atoms with Crippen LogP contribution in [0.15, 0.2) is 28.7 Å². The fourth-order valence-corrected chi connectivity index (χ4v) is 3.67. The molecule has 0 amide bonds. The van der Waals surface area contributed by atoms with E-state index in [0.717, 1.165) is 38.7 Å². The molecule has 5 nitrogen and oxygen atoms in total. The Morgan fingerprint density at radius 1 is 1.32 bits per heavy atom. The average Bonchev–Trinajstić information content (AvgIpc) is 3.06. The third-order valence-corrected chi connectivity index (χ3v) is 4.90. The molecular formula is C15H16BrN5S. The molecule has 0 unspecified atom stereocenters. The van der Waals surface area contributed by atoms with Gasteiger partial charge in [0.15, 0.2) is 5.82 Å². The van der Waals surface area contributed by atoms with E-state index in [9.17, 15) is 0 Å². The van der Waals surface area contributed by atoms with Crippen molar-refractivity contribution in [3.63, 3.8) is 0 Å². The van der Waals surface area contributed by atoms with Gasteiger partial charge in [-0.1, -0.05) is 28.1 Å². The summed E-state index contributed by atoms with van der Waals surface area (Å²) in [5.41, 5.74) is 7.73. The smallest absolute Gasteiger partial charge is 0.193 e. The molecule has 0 saturated carbocycles. The Labute approximate surface area is 141 Å². The van der Waals surface area contributed by atoms with Crippen LogP contribution in [0.5, 0.6) is 0 Å². The van der Waals surface area contributed by atoms with Crippen LogP contribution in [0.2, 0.25) is 0 Å². The summed E-state index contributed by atoms with van der Waals surface area (Å²) >= 11 is 5.10. The van der Waals surface area contributed by atoms with Gasteiger partial charge in [0.2, 0.25) is 0 Å². The van der Waals surface area contributed by atoms with E-state index < -0.39 is 0 Å². The second kappa shape index (κ2) is 6.68. The maximum absolute atomic E-state index is 5.59. The van der Waals surface area contributed by atoms with E-state index in [-0.39, 0.29) is 0 Å². The fourth-order valence-electron chi connectivity index (χ4n) is 2.21. The third-order valence-electron chi connectivity index (χ3n) is 3.19. The van der Waals surface area contributed by atoms with Gasteiger partial charge in [-0.25, -0.2) is 9.97 Å². The minimum absolute atomic E-state index is 0.606. The molecule has 0 saturated heterocycles. The molecule has 2 heterocycles. The highest BCUT2D eigenvalue weighted by atomic mass is 79.9. The first-order chi connectivity index (χ1) is 10.7. The molecule has 3 rings (SSSR count). The monoisotopic (exact) mass is 377 g/mol. The van der Waals surface area contributed by atoms with Crippen LogP contribution in [0.4, 0.5) is 0 Å². The number of hydrogen-bond acceptors (Lipinski definition) is 5. The standard InChI is InChI=1S/C15H16BrN5S/c1-9-14(22-13(18-9)5-6-17)15-19-12(20-21-15)8-10-3-2-4-11(16)7-10/h2-4,7H,5-6,8,17H2,1H3,(H,19,20,21). The van der Waals surface area contributed by atoms with Crippen molar-refractivity contribution in [2.75, 3.05) is 6.54 Å². The highest BCUT2D eigenvalue weighted by Crippen LogP contribution is 2.27. The Kier molecular flexibility index (Phi) is 4.66. The van der Waals surface area contributed by atoms with Crippen molar-refractivity contribution < 1.29 is 0 Å². The Hall–Kier alpha value is -1.57. The number of hydrogen-bond donors (Lipinski definition) is 2. The van der Waals surface area contributed by atoms with E-state index in [1.165, 1.54) is 5.56 Å². The van der Waals surface area contributed by atoms with Crippen molar-refractivity contribution in [2.45, 2.75) is 19.8 Å². The highest BCUT2D eigenvalue weighted by molar-refractivity contribution is 9.10. The molecule has 0 atom stereocenters. The first-order valence-corrected chi connectivity index (χ1v) is 8.59. The largest absolute Gasteiger partial charge is 0.330 e. The number of nitrogens with zero attached hydrogens (tertiary/aromatic N) is 3. The summed E-state index contributed by atoms with van der Waals surface area (Å²) in [5.74, 6) is 1.56. The van der Waals surface area contributed by atoms with Crippen LogP contribution in [-0.4, -0.2) is 26.7 Å². The maximum Gasteiger partial charge on any atom is 0.193 e. The summed E-state index contributed by atoms with van der Waals surface area (Å²) in [6, 6.07) is 8.18. The first kappa shape index (κ1) is 15.3. The average molecular weight is 378 g/mol. The molecular weight excluding hydrogens is 362 g/mol. The van der Waals surface area contributed by atoms with Gasteiger partial charge >= 0.3 is 0 Å². The molecule has 1 aromatic carbocycles. The van der Waals surface area contributed by atoms with Crippen LogP contribution >= 0.6 is 27.3 Å². The molecule has 0 spiro atoms. The van der Waals surface area contributed by atoms with Gasteiger partial charge in [-0.2, -0.15) is 5.10 Å². The van der Waals surface area contributed by atoms with E-state index >= 15 is 0 Å². The SMILES string of the molecule is Cc1nc(CCN)sc1-c1n[nH]c(Cc2cccc(Br)c2)n1. The zero-order chi connectivity index (χ0) is 15.5. The molecule has 0 aliphatic carbocycles. The van der Waals surface area contributed by atoms with Crippen LogP contribution in [0, 0.1) is 6.92 Å². The minimum atomic E-state index is 0.606. The minimum Gasteiger partial charge on any atom is -0.330 e. The predicted molar refractivity (Wildman–Crippen MR) is 91.9 cm³/mol. The van der Waals surface area contributed by atoms with Crippen molar-refractivity contribution in [1.29, 1.82) is 0 Å². The number of aryl methyl sites for hydroxylation is 1. The van der Waals surface area contributed by atoms with E-state index in [0.29, 0.717) is 12.4 Å². The third kappa shape index (κ3) is 3.43. The van der Waals surface area contributed by atoms with Crippen LogP contribution in [0.3, 0.4) is 0 Å². The molecule has 3 N–H and O–H groups in total. The summed E-state index contributed by atoms with van der Waals surface area (Å²) < 4.78 is 1.06. The van der Waals surface area contributed by atoms with Crippen LogP contribution < -0.4 is 5.73 Å². The van der Waals surface area contributed by atoms with Gasteiger partial charge in [0.1, 0.15) is 5.82 Å². The van der Waals surface area contributed by atoms with Crippen LogP contribution in [-0.2, 0) is 12.8 Å². The summed E-state index contributed by atoms with van der Waals surface area (Å²) in [6.45, 7) is 2.59. The first-order valence-electron chi connectivity index (χ1n) is 6.98. The van der Waals surface area contributed by atoms with Crippen molar-refractivity contribution in [3.05, 3.63) is 50.8 Å². The van der Waals surface area contributed by atoms with E-state index in [1.807, 2.05) is 19.1 Å². The quantitative estimate of drug-likeness (QED) is 0.715. The van der Waals surface area contributed by atoms with Gasteiger partial charge in [-0.05, 0) is 31.2 Å². The lowest BCUT2D eigenvalue weighted by molar-refractivity contribution is 0.945. The van der Waals surface area contributed by atoms with Gasteiger partial charge < -0.3 is 5.73 Å². The summed E-state index contributed by atoms with van der Waals surface area (Å²) in [5, 5.41) is 8.38. The molecule has 114 valence electrons. The number of thiazole rings is 1. The lowest BCUT2D eigenvalue weighted by atomic mass is 10.1. The van der Waals surface area contributed by atoms with Gasteiger partial charge in [0.05, 0.1) is 15.6 Å². The second-order valence-electron chi connectivity index (χ2n) is 4.97. The highest BCUT2D eigenvalue weighted by Gasteiger charge is 2.14. The molecule has 0 aliphatic heterocycles. The molecule has 3 aromatic rings. The number of benzene rings is 1. The van der Waals surface area contributed by atoms with Crippen molar-refractivity contribution >= 4 is 27.3 Å². The Bertz CT molecular complexity index is 780. The summed E-state index contributed by atoms with van der Waals surface area (Å²) in [6.07, 6.45) is 1.51. The van der Waals surface area contributed by atoms with E-state index in [2.05, 4.69) is 48.2 Å². The second-order valence-corrected chi connectivity index (χ2v) is 6.97. The zero-order valence-corrected chi connectivity index (χ0v) is 14.5. The molecule has 0 fully saturated rings. The Morgan fingerprint density at radius 3 is 2.95 bits per heavy atom. The number of halogens is 1. The Balaban J connectivity index is 1.81. The fraction of sp³-hybridized carbons (Fsp3) is 0.267. The van der Waals surface area contributed by atoms with Crippen molar-refractivity contribution in [3.8, 4) is 10.7 Å². The van der Waals surface area contributed by atoms with Crippen LogP contribution in [0.25, 0.3) is 10.7 Å². The molecule has 0 radical (unpaired) electrons. The predicted octanol–water partition coefficient (Wildman–Crippen LogP) is 3.09.